The van der Waals surface area contributed by atoms with E-state index < -0.39 is 17.8 Å². The smallest absolute Gasteiger partial charge is 0.416 e. The molecule has 0 saturated carbocycles. The summed E-state index contributed by atoms with van der Waals surface area (Å²) in [4.78, 5) is 13.1. The van der Waals surface area contributed by atoms with Gasteiger partial charge < -0.3 is 14.4 Å². The van der Waals surface area contributed by atoms with Crippen LogP contribution in [0.1, 0.15) is 23.4 Å². The van der Waals surface area contributed by atoms with Crippen LogP contribution in [-0.2, 0) is 12.7 Å². The van der Waals surface area contributed by atoms with Crippen LogP contribution >= 0.6 is 11.3 Å². The lowest BCUT2D eigenvalue weighted by atomic mass is 10.1. The molecule has 1 fully saturated rings. The molecule has 1 N–H and O–H groups in total. The molecule has 2 atom stereocenters. The summed E-state index contributed by atoms with van der Waals surface area (Å²) in [5.74, 6) is 1.16. The topological polar surface area (TPSA) is 87.8 Å². The summed E-state index contributed by atoms with van der Waals surface area (Å²) < 4.78 is 51.3. The number of piperazine rings is 1. The van der Waals surface area contributed by atoms with Gasteiger partial charge in [0, 0.05) is 43.9 Å². The summed E-state index contributed by atoms with van der Waals surface area (Å²) in [6.07, 6.45) is -5.09. The highest BCUT2D eigenvalue weighted by Crippen LogP contribution is 2.31. The van der Waals surface area contributed by atoms with Gasteiger partial charge in [-0.05, 0) is 38.1 Å². The maximum absolute atomic E-state index is 13.0. The Bertz CT molecular complexity index is 1390. The molecule has 1 saturated heterocycles. The largest absolute Gasteiger partial charge is 0.491 e. The number of halogens is 3. The van der Waals surface area contributed by atoms with Crippen LogP contribution in [-0.4, -0.2) is 75.0 Å². The van der Waals surface area contributed by atoms with Gasteiger partial charge in [-0.3, -0.25) is 9.80 Å². The Labute approximate surface area is 221 Å². The molecule has 0 bridgehead atoms. The average molecular weight is 548 g/mol. The molecule has 202 valence electrons. The summed E-state index contributed by atoms with van der Waals surface area (Å²) in [6, 6.07) is 10.8. The Morgan fingerprint density at radius 3 is 2.82 bits per heavy atom. The number of benzene rings is 2. The molecule has 0 unspecified atom stereocenters. The summed E-state index contributed by atoms with van der Waals surface area (Å²) in [6.45, 7) is 7.28. The van der Waals surface area contributed by atoms with Crippen molar-refractivity contribution >= 4 is 21.6 Å². The number of β-amino-alcohol motifs (C(OH)–C–C–N with tert-alkyl or cyclic N) is 1. The Morgan fingerprint density at radius 2 is 2.03 bits per heavy atom. The average Bonchev–Trinajstić information content (AvgIpc) is 3.49. The number of aromatic nitrogens is 3. The van der Waals surface area contributed by atoms with Gasteiger partial charge in [-0.1, -0.05) is 17.3 Å². The third-order valence-corrected chi connectivity index (χ3v) is 7.43. The first-order chi connectivity index (χ1) is 18.1. The van der Waals surface area contributed by atoms with Crippen molar-refractivity contribution in [2.45, 2.75) is 38.7 Å². The molecule has 1 aliphatic heterocycles. The number of ether oxygens (including phenoxy) is 1. The highest BCUT2D eigenvalue weighted by molar-refractivity contribution is 7.18. The van der Waals surface area contributed by atoms with E-state index in [1.807, 2.05) is 25.1 Å². The maximum atomic E-state index is 13.0. The second-order valence-corrected chi connectivity index (χ2v) is 10.7. The number of hydrogen-bond acceptors (Lipinski definition) is 9. The van der Waals surface area contributed by atoms with Gasteiger partial charge in [0.25, 0.3) is 0 Å². The van der Waals surface area contributed by atoms with Crippen LogP contribution in [0.4, 0.5) is 13.2 Å². The first kappa shape index (κ1) is 26.5. The van der Waals surface area contributed by atoms with E-state index in [9.17, 15) is 18.3 Å². The molecule has 4 aromatic rings. The second-order valence-electron chi connectivity index (χ2n) is 9.50. The fourth-order valence-electron chi connectivity index (χ4n) is 4.58. The first-order valence-electron chi connectivity index (χ1n) is 12.3. The van der Waals surface area contributed by atoms with Crippen molar-refractivity contribution in [2.24, 2.45) is 0 Å². The molecule has 2 aromatic heterocycles. The maximum Gasteiger partial charge on any atom is 0.416 e. The van der Waals surface area contributed by atoms with E-state index >= 15 is 0 Å². The predicted molar refractivity (Wildman–Crippen MR) is 137 cm³/mol. The lowest BCUT2D eigenvalue weighted by molar-refractivity contribution is -0.137. The molecule has 8 nitrogen and oxygen atoms in total. The van der Waals surface area contributed by atoms with Crippen molar-refractivity contribution in [2.75, 3.05) is 32.8 Å². The number of aryl methyl sites for hydroxylation is 1. The molecule has 3 heterocycles. The van der Waals surface area contributed by atoms with Crippen LogP contribution in [0.25, 0.3) is 21.6 Å². The lowest BCUT2D eigenvalue weighted by Gasteiger charge is -2.40. The van der Waals surface area contributed by atoms with Crippen molar-refractivity contribution in [3.05, 3.63) is 58.9 Å². The minimum absolute atomic E-state index is 0.130. The Balaban J connectivity index is 1.10. The Morgan fingerprint density at radius 1 is 1.18 bits per heavy atom. The van der Waals surface area contributed by atoms with Crippen LogP contribution in [0.2, 0.25) is 0 Å². The van der Waals surface area contributed by atoms with Gasteiger partial charge in [0.15, 0.2) is 0 Å². The fourth-order valence-corrected chi connectivity index (χ4v) is 5.38. The van der Waals surface area contributed by atoms with E-state index in [1.54, 1.807) is 11.3 Å². The zero-order valence-corrected chi connectivity index (χ0v) is 21.8. The van der Waals surface area contributed by atoms with Gasteiger partial charge in [0.2, 0.25) is 11.7 Å². The molecule has 5 rings (SSSR count). The van der Waals surface area contributed by atoms with Crippen molar-refractivity contribution in [3.63, 3.8) is 0 Å². The lowest BCUT2D eigenvalue weighted by Crippen LogP contribution is -2.53. The van der Waals surface area contributed by atoms with E-state index in [2.05, 4.69) is 31.8 Å². The number of thiazole rings is 1. The quantitative estimate of drug-likeness (QED) is 0.342. The number of nitrogens with zero attached hydrogens (tertiary/aromatic N) is 5. The predicted octanol–water partition coefficient (Wildman–Crippen LogP) is 4.62. The summed E-state index contributed by atoms with van der Waals surface area (Å²) >= 11 is 1.63. The monoisotopic (exact) mass is 547 g/mol. The molecular formula is C26H28F3N5O3S. The third kappa shape index (κ3) is 6.32. The molecule has 0 spiro atoms. The van der Waals surface area contributed by atoms with Crippen molar-refractivity contribution in [1.29, 1.82) is 0 Å². The van der Waals surface area contributed by atoms with Crippen LogP contribution < -0.4 is 4.74 Å². The van der Waals surface area contributed by atoms with E-state index in [-0.39, 0.29) is 24.0 Å². The van der Waals surface area contributed by atoms with E-state index in [0.717, 1.165) is 40.4 Å². The molecule has 0 aliphatic carbocycles. The molecule has 0 radical (unpaired) electrons. The van der Waals surface area contributed by atoms with Crippen LogP contribution in [0.3, 0.4) is 0 Å². The summed E-state index contributed by atoms with van der Waals surface area (Å²) in [7, 11) is 0. The third-order valence-electron chi connectivity index (χ3n) is 6.48. The number of alkyl halides is 3. The van der Waals surface area contributed by atoms with E-state index in [1.165, 1.54) is 12.1 Å². The van der Waals surface area contributed by atoms with E-state index in [4.69, 9.17) is 9.26 Å². The van der Waals surface area contributed by atoms with Crippen LogP contribution in [0, 0.1) is 6.92 Å². The van der Waals surface area contributed by atoms with E-state index in [0.29, 0.717) is 31.3 Å². The van der Waals surface area contributed by atoms with Gasteiger partial charge in [-0.25, -0.2) is 4.98 Å². The van der Waals surface area contributed by atoms with Crippen molar-refractivity contribution in [3.8, 4) is 17.1 Å². The number of fused-ring (bicyclic) bond motifs is 1. The number of rotatable bonds is 8. The van der Waals surface area contributed by atoms with Gasteiger partial charge in [0.1, 0.15) is 18.5 Å². The summed E-state index contributed by atoms with van der Waals surface area (Å²) in [5.41, 5.74) is 0.396. The normalized spacial score (nSPS) is 18.2. The second kappa shape index (κ2) is 11.0. The van der Waals surface area contributed by atoms with Crippen molar-refractivity contribution in [1.82, 2.24) is 24.9 Å². The minimum atomic E-state index is -4.44. The fraction of sp³-hybridized carbons (Fsp3) is 0.423. The zero-order valence-electron chi connectivity index (χ0n) is 21.0. The number of aliphatic hydroxyl groups is 1. The highest BCUT2D eigenvalue weighted by atomic mass is 32.1. The molecule has 38 heavy (non-hydrogen) atoms. The molecule has 12 heteroatoms. The molecule has 1 aliphatic rings. The van der Waals surface area contributed by atoms with Gasteiger partial charge in [-0.2, -0.15) is 18.2 Å². The highest BCUT2D eigenvalue weighted by Gasteiger charge is 2.31. The standard InChI is InChI=1S/C26H28F3N5O3S/c1-16-12-33(14-24-31-25(32-37-24)18-4-3-5-19(10-18)26(27,28)29)8-9-34(16)13-20(35)15-36-21-6-7-23-22(11-21)30-17(2)38-23/h3-7,10-11,16,20,35H,8-9,12-15H2,1-2H3/t16-,20+/m0/s1. The summed E-state index contributed by atoms with van der Waals surface area (Å²) in [5, 5.41) is 15.5. The molecule has 2 aromatic carbocycles. The zero-order chi connectivity index (χ0) is 26.9. The Hall–Kier alpha value is -3.06. The van der Waals surface area contributed by atoms with Crippen LogP contribution in [0.5, 0.6) is 5.75 Å². The Kier molecular flexibility index (Phi) is 7.66. The molecular weight excluding hydrogens is 519 g/mol. The first-order valence-corrected chi connectivity index (χ1v) is 13.1. The SMILES string of the molecule is Cc1nc2cc(OC[C@H](O)CN3CCN(Cc4nc(-c5cccc(C(F)(F)F)c5)no4)C[C@@H]3C)ccc2s1. The van der Waals surface area contributed by atoms with Crippen molar-refractivity contribution < 1.29 is 27.5 Å². The van der Waals surface area contributed by atoms with Gasteiger partial charge >= 0.3 is 6.18 Å². The number of aliphatic hydroxyl groups excluding tert-OH is 1. The van der Waals surface area contributed by atoms with Gasteiger partial charge in [0.05, 0.1) is 27.3 Å². The van der Waals surface area contributed by atoms with Gasteiger partial charge in [-0.15, -0.1) is 11.3 Å². The molecule has 0 amide bonds. The minimum Gasteiger partial charge on any atom is -0.491 e. The number of hydrogen-bond donors (Lipinski definition) is 1. The van der Waals surface area contributed by atoms with Crippen LogP contribution in [0.15, 0.2) is 47.0 Å².